The maximum absolute atomic E-state index is 12.8. The number of nitrogens with one attached hydrogen (secondary N) is 1. The molecule has 168 valence electrons. The first-order valence-corrected chi connectivity index (χ1v) is 9.20. The number of hydrogen-bond acceptors (Lipinski definition) is 6. The molecule has 0 unspecified atom stereocenters. The van der Waals surface area contributed by atoms with Crippen molar-refractivity contribution < 1.29 is 37.1 Å². The zero-order valence-electron chi connectivity index (χ0n) is 16.6. The fourth-order valence-corrected chi connectivity index (χ4v) is 2.83. The summed E-state index contributed by atoms with van der Waals surface area (Å²) in [7, 11) is 1.74. The first-order chi connectivity index (χ1) is 14.6. The molecule has 0 radical (unpaired) electrons. The Bertz CT molecular complexity index is 902. The van der Waals surface area contributed by atoms with E-state index in [0.717, 1.165) is 6.42 Å². The molecule has 2 amide bonds. The predicted octanol–water partition coefficient (Wildman–Crippen LogP) is 2.34. The van der Waals surface area contributed by atoms with Crippen molar-refractivity contribution in [1.82, 2.24) is 14.8 Å². The number of hydrogen-bond donors (Lipinski definition) is 2. The highest BCUT2D eigenvalue weighted by Gasteiger charge is 2.38. The first kappa shape index (κ1) is 23.7. The van der Waals surface area contributed by atoms with Crippen molar-refractivity contribution in [3.8, 4) is 0 Å². The van der Waals surface area contributed by atoms with Gasteiger partial charge in [-0.2, -0.15) is 13.2 Å². The van der Waals surface area contributed by atoms with Gasteiger partial charge in [0.15, 0.2) is 5.76 Å². The van der Waals surface area contributed by atoms with Crippen molar-refractivity contribution in [2.75, 3.05) is 38.5 Å². The number of aliphatic carboxylic acids is 1. The molecule has 31 heavy (non-hydrogen) atoms. The largest absolute Gasteiger partial charge is 0.490 e. The first-order valence-electron chi connectivity index (χ1n) is 9.20. The number of aromatic nitrogens is 1. The van der Waals surface area contributed by atoms with Gasteiger partial charge in [0.1, 0.15) is 5.82 Å². The predicted molar refractivity (Wildman–Crippen MR) is 103 cm³/mol. The third kappa shape index (κ3) is 6.46. The Morgan fingerprint density at radius 3 is 2.19 bits per heavy atom. The zero-order chi connectivity index (χ0) is 23.0. The Morgan fingerprint density at radius 2 is 1.68 bits per heavy atom. The molecule has 2 N–H and O–H groups in total. The third-order valence-corrected chi connectivity index (χ3v) is 4.32. The fourth-order valence-electron chi connectivity index (χ4n) is 2.83. The SMILES string of the molecule is CNc1ncccc1C(=O)N1CCCN(C(=O)c2ccco2)CC1.O=C(O)C(F)(F)F. The van der Waals surface area contributed by atoms with E-state index in [1.165, 1.54) is 6.26 Å². The van der Waals surface area contributed by atoms with Crippen molar-refractivity contribution in [1.29, 1.82) is 0 Å². The molecule has 1 fully saturated rings. The highest BCUT2D eigenvalue weighted by atomic mass is 19.4. The lowest BCUT2D eigenvalue weighted by atomic mass is 10.2. The summed E-state index contributed by atoms with van der Waals surface area (Å²) in [6.07, 6.45) is -1.22. The molecule has 1 aliphatic rings. The summed E-state index contributed by atoms with van der Waals surface area (Å²) >= 11 is 0. The molecule has 1 saturated heterocycles. The molecule has 0 aliphatic carbocycles. The molecule has 0 atom stereocenters. The van der Waals surface area contributed by atoms with E-state index in [4.69, 9.17) is 14.3 Å². The van der Waals surface area contributed by atoms with E-state index in [1.807, 2.05) is 0 Å². The Balaban J connectivity index is 0.000000423. The van der Waals surface area contributed by atoms with Crippen molar-refractivity contribution >= 4 is 23.6 Å². The monoisotopic (exact) mass is 442 g/mol. The molecule has 0 saturated carbocycles. The van der Waals surface area contributed by atoms with Gasteiger partial charge in [-0.05, 0) is 30.7 Å². The van der Waals surface area contributed by atoms with Crippen LogP contribution in [0.2, 0.25) is 0 Å². The molecular formula is C19H21F3N4O5. The second kappa shape index (κ2) is 10.5. The number of carboxylic acids is 1. The Hall–Kier alpha value is -3.57. The highest BCUT2D eigenvalue weighted by Crippen LogP contribution is 2.16. The summed E-state index contributed by atoms with van der Waals surface area (Å²) in [4.78, 5) is 41.7. The maximum atomic E-state index is 12.8. The third-order valence-electron chi connectivity index (χ3n) is 4.32. The molecule has 1 aliphatic heterocycles. The van der Waals surface area contributed by atoms with Gasteiger partial charge >= 0.3 is 12.1 Å². The summed E-state index contributed by atoms with van der Waals surface area (Å²) in [5.41, 5.74) is 0.547. The van der Waals surface area contributed by atoms with Crippen LogP contribution in [0.1, 0.15) is 27.3 Å². The number of alkyl halides is 3. The van der Waals surface area contributed by atoms with E-state index in [0.29, 0.717) is 43.3 Å². The van der Waals surface area contributed by atoms with Gasteiger partial charge in [0.2, 0.25) is 0 Å². The standard InChI is InChI=1S/C17H20N4O3.C2HF3O2/c1-18-15-13(5-2-7-19-15)16(22)20-8-4-9-21(11-10-20)17(23)14-6-3-12-24-14;3-2(4,5)1(6)7/h2-3,5-7,12H,4,8-11H2,1H3,(H,18,19);(H,6,7). The van der Waals surface area contributed by atoms with Crippen LogP contribution in [0.4, 0.5) is 19.0 Å². The van der Waals surface area contributed by atoms with Crippen LogP contribution >= 0.6 is 0 Å². The summed E-state index contributed by atoms with van der Waals surface area (Å²) in [5.74, 6) is -2.06. The van der Waals surface area contributed by atoms with Crippen LogP contribution in [-0.4, -0.2) is 77.1 Å². The summed E-state index contributed by atoms with van der Waals surface area (Å²) in [6, 6.07) is 6.87. The average Bonchev–Trinajstić information content (AvgIpc) is 3.17. The van der Waals surface area contributed by atoms with Crippen molar-refractivity contribution in [2.45, 2.75) is 12.6 Å². The topological polar surface area (TPSA) is 116 Å². The molecule has 0 aromatic carbocycles. The number of anilines is 1. The summed E-state index contributed by atoms with van der Waals surface area (Å²) < 4.78 is 36.9. The van der Waals surface area contributed by atoms with Crippen LogP contribution in [0, 0.1) is 0 Å². The van der Waals surface area contributed by atoms with Gasteiger partial charge in [-0.25, -0.2) is 9.78 Å². The lowest BCUT2D eigenvalue weighted by molar-refractivity contribution is -0.192. The fraction of sp³-hybridized carbons (Fsp3) is 0.368. The Labute approximate surface area is 175 Å². The molecule has 9 nitrogen and oxygen atoms in total. The molecule has 0 bridgehead atoms. The Kier molecular flexibility index (Phi) is 8.00. The lowest BCUT2D eigenvalue weighted by Crippen LogP contribution is -2.37. The minimum atomic E-state index is -5.08. The number of furan rings is 1. The summed E-state index contributed by atoms with van der Waals surface area (Å²) in [5, 5.41) is 10.1. The smallest absolute Gasteiger partial charge is 0.475 e. The molecule has 3 heterocycles. The molecule has 2 aromatic rings. The van der Waals surface area contributed by atoms with E-state index in [9.17, 15) is 22.8 Å². The van der Waals surface area contributed by atoms with Gasteiger partial charge in [0.25, 0.3) is 11.8 Å². The van der Waals surface area contributed by atoms with Crippen LogP contribution in [0.5, 0.6) is 0 Å². The molecule has 3 rings (SSSR count). The van der Waals surface area contributed by atoms with Gasteiger partial charge in [-0.3, -0.25) is 9.59 Å². The highest BCUT2D eigenvalue weighted by molar-refractivity contribution is 5.98. The normalized spacial score (nSPS) is 14.2. The minimum absolute atomic E-state index is 0.0697. The van der Waals surface area contributed by atoms with Crippen LogP contribution in [0.25, 0.3) is 0 Å². The van der Waals surface area contributed by atoms with Crippen molar-refractivity contribution in [2.24, 2.45) is 0 Å². The van der Waals surface area contributed by atoms with Gasteiger partial charge < -0.3 is 24.6 Å². The number of carbonyl (C=O) groups is 3. The molecular weight excluding hydrogens is 421 g/mol. The van der Waals surface area contributed by atoms with Crippen molar-refractivity contribution in [3.63, 3.8) is 0 Å². The van der Waals surface area contributed by atoms with Crippen LogP contribution < -0.4 is 5.32 Å². The molecule has 0 spiro atoms. The van der Waals surface area contributed by atoms with Gasteiger partial charge in [-0.1, -0.05) is 0 Å². The second-order valence-corrected chi connectivity index (χ2v) is 6.37. The van der Waals surface area contributed by atoms with E-state index in [-0.39, 0.29) is 11.8 Å². The van der Waals surface area contributed by atoms with Crippen LogP contribution in [0.15, 0.2) is 41.1 Å². The second-order valence-electron chi connectivity index (χ2n) is 6.37. The van der Waals surface area contributed by atoms with Gasteiger partial charge in [0, 0.05) is 39.4 Å². The number of carboxylic acid groups (broad SMARTS) is 1. The van der Waals surface area contributed by atoms with E-state index < -0.39 is 12.1 Å². The number of amides is 2. The average molecular weight is 442 g/mol. The number of nitrogens with zero attached hydrogens (tertiary/aromatic N) is 3. The number of halogens is 3. The Morgan fingerprint density at radius 1 is 1.06 bits per heavy atom. The lowest BCUT2D eigenvalue weighted by Gasteiger charge is -2.22. The van der Waals surface area contributed by atoms with Gasteiger partial charge in [0.05, 0.1) is 11.8 Å². The van der Waals surface area contributed by atoms with E-state index >= 15 is 0 Å². The molecule has 12 heteroatoms. The number of rotatable bonds is 3. The van der Waals surface area contributed by atoms with E-state index in [2.05, 4.69) is 10.3 Å². The maximum Gasteiger partial charge on any atom is 0.490 e. The van der Waals surface area contributed by atoms with Crippen LogP contribution in [-0.2, 0) is 4.79 Å². The quantitative estimate of drug-likeness (QED) is 0.750. The van der Waals surface area contributed by atoms with E-state index in [1.54, 1.807) is 47.3 Å². The zero-order valence-corrected chi connectivity index (χ0v) is 16.6. The van der Waals surface area contributed by atoms with Crippen LogP contribution in [0.3, 0.4) is 0 Å². The number of pyridine rings is 1. The minimum Gasteiger partial charge on any atom is -0.475 e. The molecule has 2 aromatic heterocycles. The number of carbonyl (C=O) groups excluding carboxylic acids is 2. The van der Waals surface area contributed by atoms with Crippen molar-refractivity contribution in [3.05, 3.63) is 48.0 Å². The summed E-state index contributed by atoms with van der Waals surface area (Å²) in [6.45, 7) is 2.19. The van der Waals surface area contributed by atoms with Gasteiger partial charge in [-0.15, -0.1) is 0 Å².